The zero-order valence-electron chi connectivity index (χ0n) is 15.2. The van der Waals surface area contributed by atoms with Gasteiger partial charge in [-0.05, 0) is 80.5 Å². The van der Waals surface area contributed by atoms with Gasteiger partial charge in [-0.25, -0.2) is 17.2 Å². The van der Waals surface area contributed by atoms with Crippen LogP contribution in [0.5, 0.6) is 0 Å². The van der Waals surface area contributed by atoms with Gasteiger partial charge in [-0.15, -0.1) is 0 Å². The third-order valence-corrected chi connectivity index (χ3v) is 8.44. The molecule has 1 saturated carbocycles. The zero-order chi connectivity index (χ0) is 20.4. The molecular formula is C21H20ClF2NO2S. The molecule has 2 aromatic carbocycles. The van der Waals surface area contributed by atoms with Crippen LogP contribution in [0.3, 0.4) is 0 Å². The van der Waals surface area contributed by atoms with Crippen molar-refractivity contribution in [1.82, 2.24) is 0 Å². The Hall–Kier alpha value is -1.97. The van der Waals surface area contributed by atoms with E-state index in [1.54, 1.807) is 0 Å². The maximum Gasteiger partial charge on any atom is 0.188 e. The monoisotopic (exact) mass is 423 g/mol. The first-order chi connectivity index (χ1) is 13.3. The molecule has 0 unspecified atom stereocenters. The van der Waals surface area contributed by atoms with E-state index in [0.717, 1.165) is 18.2 Å². The highest BCUT2D eigenvalue weighted by atomic mass is 35.5. The number of sulfone groups is 1. The van der Waals surface area contributed by atoms with Crippen LogP contribution >= 0.6 is 11.6 Å². The number of hydrogen-bond acceptors (Lipinski definition) is 3. The van der Waals surface area contributed by atoms with Crippen LogP contribution in [0.4, 0.5) is 8.78 Å². The van der Waals surface area contributed by atoms with Crippen molar-refractivity contribution >= 4 is 21.4 Å². The highest BCUT2D eigenvalue weighted by Crippen LogP contribution is 2.49. The summed E-state index contributed by atoms with van der Waals surface area (Å²) < 4.78 is 54.4. The zero-order valence-corrected chi connectivity index (χ0v) is 16.7. The third-order valence-electron chi connectivity index (χ3n) is 5.63. The van der Waals surface area contributed by atoms with Crippen LogP contribution in [0.1, 0.15) is 44.1 Å². The molecule has 1 fully saturated rings. The van der Waals surface area contributed by atoms with E-state index in [2.05, 4.69) is 6.07 Å². The Bertz CT molecular complexity index is 992. The van der Waals surface area contributed by atoms with E-state index in [9.17, 15) is 17.2 Å². The lowest BCUT2D eigenvalue weighted by Crippen LogP contribution is -2.40. The van der Waals surface area contributed by atoms with E-state index in [4.69, 9.17) is 16.9 Å². The van der Waals surface area contributed by atoms with Gasteiger partial charge in [0, 0.05) is 17.0 Å². The third kappa shape index (κ3) is 3.78. The van der Waals surface area contributed by atoms with Crippen molar-refractivity contribution in [3.63, 3.8) is 0 Å². The maximum atomic E-state index is 14.7. The van der Waals surface area contributed by atoms with E-state index >= 15 is 0 Å². The summed E-state index contributed by atoms with van der Waals surface area (Å²) in [6, 6.07) is 10.8. The summed E-state index contributed by atoms with van der Waals surface area (Å²) in [5.74, 6) is -1.20. The van der Waals surface area contributed by atoms with Gasteiger partial charge in [0.1, 0.15) is 16.4 Å². The van der Waals surface area contributed by atoms with Gasteiger partial charge >= 0.3 is 0 Å². The lowest BCUT2D eigenvalue weighted by molar-refractivity contribution is 0.276. The van der Waals surface area contributed by atoms with E-state index < -0.39 is 26.2 Å². The Labute approximate surface area is 168 Å². The fourth-order valence-electron chi connectivity index (χ4n) is 4.07. The van der Waals surface area contributed by atoms with Gasteiger partial charge in [0.25, 0.3) is 0 Å². The molecular weight excluding hydrogens is 404 g/mol. The molecule has 1 aliphatic rings. The fraction of sp³-hybridized carbons (Fsp3) is 0.381. The van der Waals surface area contributed by atoms with Crippen molar-refractivity contribution in [1.29, 1.82) is 5.26 Å². The van der Waals surface area contributed by atoms with Gasteiger partial charge in [0.15, 0.2) is 9.84 Å². The molecule has 0 atom stereocenters. The molecule has 0 amide bonds. The molecule has 148 valence electrons. The van der Waals surface area contributed by atoms with Crippen LogP contribution in [-0.4, -0.2) is 8.42 Å². The molecule has 28 heavy (non-hydrogen) atoms. The standard InChI is InChI=1S/C21H20ClF2NO2S/c22-16-3-6-18(7-4-16)28(26,27)21(19-14-17(23)5-8-20(19)24)11-9-15(10-12-21)2-1-13-25/h3-8,14-15H,1-2,9-12H2. The maximum absolute atomic E-state index is 14.7. The summed E-state index contributed by atoms with van der Waals surface area (Å²) in [6.07, 6.45) is 2.49. The van der Waals surface area contributed by atoms with E-state index in [1.807, 2.05) is 0 Å². The van der Waals surface area contributed by atoms with Crippen LogP contribution < -0.4 is 0 Å². The summed E-state index contributed by atoms with van der Waals surface area (Å²) in [5, 5.41) is 9.19. The average molecular weight is 424 g/mol. The number of nitrogens with zero attached hydrogens (tertiary/aromatic N) is 1. The van der Waals surface area contributed by atoms with E-state index in [0.29, 0.717) is 30.7 Å². The number of rotatable bonds is 5. The van der Waals surface area contributed by atoms with Crippen LogP contribution in [0.2, 0.25) is 5.02 Å². The summed E-state index contributed by atoms with van der Waals surface area (Å²) in [5.41, 5.74) is -0.124. The Morgan fingerprint density at radius 3 is 2.36 bits per heavy atom. The van der Waals surface area contributed by atoms with Crippen molar-refractivity contribution in [3.05, 3.63) is 64.7 Å². The highest BCUT2D eigenvalue weighted by Gasteiger charge is 2.49. The molecule has 0 saturated heterocycles. The van der Waals surface area contributed by atoms with Crippen molar-refractivity contribution in [3.8, 4) is 6.07 Å². The van der Waals surface area contributed by atoms with E-state index in [1.165, 1.54) is 24.3 Å². The molecule has 0 aromatic heterocycles. The minimum atomic E-state index is -4.01. The van der Waals surface area contributed by atoms with Crippen LogP contribution in [0.25, 0.3) is 0 Å². The Kier molecular flexibility index (Phi) is 6.07. The van der Waals surface area contributed by atoms with Crippen LogP contribution in [0.15, 0.2) is 47.4 Å². The van der Waals surface area contributed by atoms with Crippen molar-refractivity contribution in [2.75, 3.05) is 0 Å². The lowest BCUT2D eigenvalue weighted by Gasteiger charge is -2.40. The molecule has 0 bridgehead atoms. The molecule has 0 N–H and O–H groups in total. The second-order valence-corrected chi connectivity index (χ2v) is 9.91. The van der Waals surface area contributed by atoms with Gasteiger partial charge in [-0.1, -0.05) is 11.6 Å². The Balaban J connectivity index is 2.09. The SMILES string of the molecule is N#CCCC1CCC(c2cc(F)ccc2F)(S(=O)(=O)c2ccc(Cl)cc2)CC1. The quantitative estimate of drug-likeness (QED) is 0.612. The topological polar surface area (TPSA) is 57.9 Å². The first kappa shape index (κ1) is 20.8. The van der Waals surface area contributed by atoms with Gasteiger partial charge in [0.05, 0.1) is 11.0 Å². The number of halogens is 3. The lowest BCUT2D eigenvalue weighted by atomic mass is 9.76. The van der Waals surface area contributed by atoms with Crippen molar-refractivity contribution < 1.29 is 17.2 Å². The predicted octanol–water partition coefficient (Wildman–Crippen LogP) is 5.78. The molecule has 0 spiro atoms. The van der Waals surface area contributed by atoms with Crippen molar-refractivity contribution in [2.24, 2.45) is 5.92 Å². The number of hydrogen-bond donors (Lipinski definition) is 0. The largest absolute Gasteiger partial charge is 0.223 e. The van der Waals surface area contributed by atoms with Gasteiger partial charge in [0.2, 0.25) is 0 Å². The molecule has 1 aliphatic carbocycles. The Morgan fingerprint density at radius 2 is 1.75 bits per heavy atom. The normalized spacial score (nSPS) is 22.6. The summed E-state index contributed by atoms with van der Waals surface area (Å²) in [7, 11) is -4.01. The second-order valence-electron chi connectivity index (χ2n) is 7.22. The molecule has 3 nitrogen and oxygen atoms in total. The Morgan fingerprint density at radius 1 is 1.11 bits per heavy atom. The molecule has 0 radical (unpaired) electrons. The number of nitriles is 1. The average Bonchev–Trinajstić information content (AvgIpc) is 2.69. The molecule has 7 heteroatoms. The summed E-state index contributed by atoms with van der Waals surface area (Å²) >= 11 is 5.88. The highest BCUT2D eigenvalue weighted by molar-refractivity contribution is 7.92. The molecule has 2 aromatic rings. The van der Waals surface area contributed by atoms with Gasteiger partial charge in [-0.3, -0.25) is 0 Å². The van der Waals surface area contributed by atoms with E-state index in [-0.39, 0.29) is 29.2 Å². The fourth-order valence-corrected chi connectivity index (χ4v) is 6.36. The molecule has 0 aliphatic heterocycles. The molecule has 0 heterocycles. The summed E-state index contributed by atoms with van der Waals surface area (Å²) in [4.78, 5) is 0.0380. The minimum absolute atomic E-state index is 0.0380. The van der Waals surface area contributed by atoms with Gasteiger partial charge < -0.3 is 0 Å². The molecule has 3 rings (SSSR count). The minimum Gasteiger partial charge on any atom is -0.223 e. The summed E-state index contributed by atoms with van der Waals surface area (Å²) in [6.45, 7) is 0. The number of benzene rings is 2. The van der Waals surface area contributed by atoms with Crippen molar-refractivity contribution in [2.45, 2.75) is 48.2 Å². The van der Waals surface area contributed by atoms with Crippen LogP contribution in [-0.2, 0) is 14.6 Å². The van der Waals surface area contributed by atoms with Gasteiger partial charge in [-0.2, -0.15) is 5.26 Å². The second kappa shape index (κ2) is 8.18. The van der Waals surface area contributed by atoms with Crippen LogP contribution in [0, 0.1) is 28.9 Å². The smallest absolute Gasteiger partial charge is 0.188 e. The first-order valence-corrected chi connectivity index (χ1v) is 11.0. The first-order valence-electron chi connectivity index (χ1n) is 9.13. The predicted molar refractivity (Wildman–Crippen MR) is 103 cm³/mol.